The molecule has 0 bridgehead atoms. The van der Waals surface area contributed by atoms with Gasteiger partial charge in [-0.2, -0.15) is 5.26 Å². The molecule has 10 heteroatoms. The molecule has 2 N–H and O–H groups in total. The Morgan fingerprint density at radius 3 is 2.75 bits per heavy atom. The van der Waals surface area contributed by atoms with Crippen LogP contribution in [0.2, 0.25) is 5.02 Å². The number of benzene rings is 1. The first-order valence-electron chi connectivity index (χ1n) is 9.33. The van der Waals surface area contributed by atoms with Crippen LogP contribution in [-0.4, -0.2) is 20.9 Å². The Morgan fingerprint density at radius 2 is 1.97 bits per heavy atom. The number of nitrogens with zero attached hydrogens (tertiary/aromatic N) is 4. The normalized spacial score (nSPS) is 10.4. The van der Waals surface area contributed by atoms with Crippen molar-refractivity contribution in [3.8, 4) is 6.07 Å². The lowest BCUT2D eigenvalue weighted by Gasteiger charge is -2.10. The monoisotopic (exact) mass is 478 g/mol. The number of hydrogen-bond donors (Lipinski definition) is 2. The highest BCUT2D eigenvalue weighted by atomic mass is 35.5. The van der Waals surface area contributed by atoms with E-state index in [1.807, 2.05) is 12.1 Å². The van der Waals surface area contributed by atoms with Gasteiger partial charge in [-0.05, 0) is 54.1 Å². The van der Waals surface area contributed by atoms with Crippen molar-refractivity contribution in [3.05, 3.63) is 88.1 Å². The van der Waals surface area contributed by atoms with Gasteiger partial charge in [0.05, 0.1) is 11.8 Å². The van der Waals surface area contributed by atoms with E-state index < -0.39 is 0 Å². The molecule has 0 saturated carbocycles. The molecular formula is C22H15ClN6OS2. The van der Waals surface area contributed by atoms with Crippen LogP contribution >= 0.6 is 34.7 Å². The molecule has 0 unspecified atom stereocenters. The summed E-state index contributed by atoms with van der Waals surface area (Å²) in [5, 5.41) is 16.7. The number of nitrogens with one attached hydrogen (secondary N) is 2. The minimum absolute atomic E-state index is 0.239. The van der Waals surface area contributed by atoms with Gasteiger partial charge in [0.2, 0.25) is 0 Å². The topological polar surface area (TPSA) is 104 Å². The first-order valence-corrected chi connectivity index (χ1v) is 11.5. The second-order valence-electron chi connectivity index (χ2n) is 6.42. The van der Waals surface area contributed by atoms with E-state index in [-0.39, 0.29) is 5.91 Å². The predicted molar refractivity (Wildman–Crippen MR) is 128 cm³/mol. The third-order valence-corrected chi connectivity index (χ3v) is 6.31. The fourth-order valence-corrected chi connectivity index (χ4v) is 4.37. The summed E-state index contributed by atoms with van der Waals surface area (Å²) < 4.78 is 0. The Morgan fingerprint density at radius 1 is 1.12 bits per heavy atom. The zero-order valence-electron chi connectivity index (χ0n) is 16.4. The maximum atomic E-state index is 12.8. The largest absolute Gasteiger partial charge is 0.322 e. The lowest BCUT2D eigenvalue weighted by molar-refractivity contribution is 0.102. The van der Waals surface area contributed by atoms with Gasteiger partial charge in [-0.15, -0.1) is 11.8 Å². The van der Waals surface area contributed by atoms with Crippen molar-refractivity contribution in [1.82, 2.24) is 15.0 Å². The Balaban J connectivity index is 1.43. The summed E-state index contributed by atoms with van der Waals surface area (Å²) in [6.45, 7) is 0. The van der Waals surface area contributed by atoms with Crippen molar-refractivity contribution in [2.24, 2.45) is 0 Å². The Labute approximate surface area is 197 Å². The lowest BCUT2D eigenvalue weighted by Crippen LogP contribution is -2.13. The van der Waals surface area contributed by atoms with Gasteiger partial charge in [0.25, 0.3) is 5.91 Å². The van der Waals surface area contributed by atoms with Crippen LogP contribution in [0.1, 0.15) is 20.8 Å². The second kappa shape index (κ2) is 10.2. The zero-order chi connectivity index (χ0) is 22.3. The number of pyridine rings is 2. The Hall–Kier alpha value is -3.45. The average Bonchev–Trinajstić information content (AvgIpc) is 3.27. The fraction of sp³-hybridized carbons (Fsp3) is 0.0455. The van der Waals surface area contributed by atoms with E-state index in [9.17, 15) is 4.79 Å². The van der Waals surface area contributed by atoms with E-state index >= 15 is 0 Å². The van der Waals surface area contributed by atoms with Crippen molar-refractivity contribution in [2.45, 2.75) is 10.8 Å². The maximum Gasteiger partial charge on any atom is 0.258 e. The van der Waals surface area contributed by atoms with Crippen molar-refractivity contribution in [2.75, 3.05) is 10.6 Å². The van der Waals surface area contributed by atoms with Crippen molar-refractivity contribution >= 4 is 57.2 Å². The zero-order valence-corrected chi connectivity index (χ0v) is 18.8. The van der Waals surface area contributed by atoms with Crippen LogP contribution < -0.4 is 10.6 Å². The molecule has 1 aromatic carbocycles. The molecule has 7 nitrogen and oxygen atoms in total. The number of rotatable bonds is 7. The molecule has 0 aliphatic carbocycles. The molecule has 1 amide bonds. The van der Waals surface area contributed by atoms with Crippen LogP contribution in [0.3, 0.4) is 0 Å². The molecule has 0 spiro atoms. The molecule has 3 heterocycles. The standard InChI is InChI=1S/C22H15ClN6OS2/c23-15-3-5-16(6-4-15)28-20(30)18-2-1-8-26-21(18)31-13-14-7-9-25-19(10-14)29-22-27-12-17(11-24)32-22/h1-10,12H,13H2,(H,28,30)(H,25,27,29). The van der Waals surface area contributed by atoms with E-state index in [0.717, 1.165) is 5.56 Å². The van der Waals surface area contributed by atoms with Gasteiger partial charge in [0.1, 0.15) is 21.8 Å². The van der Waals surface area contributed by atoms with Crippen LogP contribution in [-0.2, 0) is 5.75 Å². The highest BCUT2D eigenvalue weighted by Crippen LogP contribution is 2.27. The third-order valence-electron chi connectivity index (χ3n) is 4.17. The van der Waals surface area contributed by atoms with Crippen LogP contribution in [0, 0.1) is 11.3 Å². The minimum atomic E-state index is -0.239. The maximum absolute atomic E-state index is 12.8. The van der Waals surface area contributed by atoms with Crippen LogP contribution in [0.15, 0.2) is 72.1 Å². The molecular weight excluding hydrogens is 464 g/mol. The van der Waals surface area contributed by atoms with Crippen molar-refractivity contribution in [3.63, 3.8) is 0 Å². The van der Waals surface area contributed by atoms with Crippen LogP contribution in [0.4, 0.5) is 16.6 Å². The molecule has 3 aromatic heterocycles. The second-order valence-corrected chi connectivity index (χ2v) is 8.85. The molecule has 0 fully saturated rings. The number of nitriles is 1. The van der Waals surface area contributed by atoms with Gasteiger partial charge < -0.3 is 10.6 Å². The van der Waals surface area contributed by atoms with E-state index in [1.54, 1.807) is 48.8 Å². The van der Waals surface area contributed by atoms with E-state index in [4.69, 9.17) is 16.9 Å². The number of aromatic nitrogens is 3. The van der Waals surface area contributed by atoms with Gasteiger partial charge in [-0.25, -0.2) is 15.0 Å². The molecule has 4 aromatic rings. The molecule has 0 saturated heterocycles. The van der Waals surface area contributed by atoms with Gasteiger partial charge in [-0.3, -0.25) is 4.79 Å². The summed E-state index contributed by atoms with van der Waals surface area (Å²) in [5.41, 5.74) is 2.15. The minimum Gasteiger partial charge on any atom is -0.322 e. The average molecular weight is 479 g/mol. The van der Waals surface area contributed by atoms with E-state index in [1.165, 1.54) is 29.3 Å². The lowest BCUT2D eigenvalue weighted by atomic mass is 10.2. The SMILES string of the molecule is N#Cc1cnc(Nc2cc(CSc3ncccc3C(=O)Nc3ccc(Cl)cc3)ccn2)s1. The molecule has 0 radical (unpaired) electrons. The van der Waals surface area contributed by atoms with Crippen molar-refractivity contribution in [1.29, 1.82) is 5.26 Å². The fourth-order valence-electron chi connectivity index (χ4n) is 2.69. The van der Waals surface area contributed by atoms with E-state index in [0.29, 0.717) is 42.9 Å². The number of carbonyl (C=O) groups is 1. The summed E-state index contributed by atoms with van der Waals surface area (Å²) in [4.78, 5) is 26.1. The molecule has 0 aliphatic rings. The number of hydrogen-bond acceptors (Lipinski definition) is 8. The summed E-state index contributed by atoms with van der Waals surface area (Å²) in [6, 6.07) is 16.3. The number of halogens is 1. The summed E-state index contributed by atoms with van der Waals surface area (Å²) >= 11 is 8.62. The van der Waals surface area contributed by atoms with Gasteiger partial charge in [0.15, 0.2) is 5.13 Å². The van der Waals surface area contributed by atoms with Gasteiger partial charge >= 0.3 is 0 Å². The first-order chi connectivity index (χ1) is 15.6. The molecule has 0 aliphatic heterocycles. The number of thiazole rings is 1. The highest BCUT2D eigenvalue weighted by molar-refractivity contribution is 7.98. The highest BCUT2D eigenvalue weighted by Gasteiger charge is 2.13. The predicted octanol–water partition coefficient (Wildman–Crippen LogP) is 5.75. The smallest absolute Gasteiger partial charge is 0.258 e. The molecule has 32 heavy (non-hydrogen) atoms. The number of thioether (sulfide) groups is 1. The summed E-state index contributed by atoms with van der Waals surface area (Å²) in [5.74, 6) is 0.984. The number of carbonyl (C=O) groups excluding carboxylic acids is 1. The molecule has 158 valence electrons. The first kappa shape index (κ1) is 21.8. The molecule has 0 atom stereocenters. The summed E-state index contributed by atoms with van der Waals surface area (Å²) in [6.07, 6.45) is 4.88. The van der Waals surface area contributed by atoms with Crippen LogP contribution in [0.25, 0.3) is 0 Å². The van der Waals surface area contributed by atoms with Crippen LogP contribution in [0.5, 0.6) is 0 Å². The van der Waals surface area contributed by atoms with E-state index in [2.05, 4.69) is 31.7 Å². The van der Waals surface area contributed by atoms with Crippen molar-refractivity contribution < 1.29 is 4.79 Å². The summed E-state index contributed by atoms with van der Waals surface area (Å²) in [7, 11) is 0. The Kier molecular flexibility index (Phi) is 6.97. The molecule has 4 rings (SSSR count). The third kappa shape index (κ3) is 5.62. The number of anilines is 3. The van der Waals surface area contributed by atoms with Gasteiger partial charge in [0, 0.05) is 28.9 Å². The number of amides is 1. The Bertz CT molecular complexity index is 1290. The quantitative estimate of drug-likeness (QED) is 0.326. The van der Waals surface area contributed by atoms with Gasteiger partial charge in [-0.1, -0.05) is 22.9 Å².